The Bertz CT molecular complexity index is 862. The average molecular weight is 354 g/mol. The van der Waals surface area contributed by atoms with Crippen molar-refractivity contribution in [2.45, 2.75) is 32.0 Å². The molecule has 0 radical (unpaired) electrons. The zero-order valence-electron chi connectivity index (χ0n) is 14.8. The molecule has 1 aromatic carbocycles. The van der Waals surface area contributed by atoms with Crippen molar-refractivity contribution in [3.05, 3.63) is 47.9 Å². The first-order valence-electron chi connectivity index (χ1n) is 9.01. The Morgan fingerprint density at radius 3 is 2.92 bits per heavy atom. The van der Waals surface area contributed by atoms with Crippen molar-refractivity contribution in [1.82, 2.24) is 25.1 Å². The minimum Gasteiger partial charge on any atom is -0.364 e. The fourth-order valence-electron chi connectivity index (χ4n) is 3.43. The van der Waals surface area contributed by atoms with Gasteiger partial charge >= 0.3 is 0 Å². The summed E-state index contributed by atoms with van der Waals surface area (Å²) in [6.45, 7) is 4.30. The summed E-state index contributed by atoms with van der Waals surface area (Å²) in [4.78, 5) is 10.6. The number of hydrogen-bond donors (Lipinski definition) is 2. The van der Waals surface area contributed by atoms with E-state index in [2.05, 4.69) is 61.6 Å². The van der Waals surface area contributed by atoms with Gasteiger partial charge in [-0.25, -0.2) is 14.4 Å². The van der Waals surface area contributed by atoms with Gasteiger partial charge in [0.1, 0.15) is 18.3 Å². The van der Waals surface area contributed by atoms with Gasteiger partial charge in [-0.15, -0.1) is 0 Å². The number of likely N-dealkylation sites (tertiary alicyclic amines) is 1. The number of H-pyrrole nitrogens is 1. The van der Waals surface area contributed by atoms with Crippen molar-refractivity contribution < 1.29 is 4.39 Å². The molecule has 0 unspecified atom stereocenters. The number of aryl methyl sites for hydroxylation is 1. The van der Waals surface area contributed by atoms with Crippen molar-refractivity contribution in [2.75, 3.05) is 25.0 Å². The topological polar surface area (TPSA) is 69.7 Å². The molecule has 1 aliphatic rings. The number of halogens is 1. The van der Waals surface area contributed by atoms with Crippen LogP contribution in [-0.2, 0) is 6.42 Å². The normalized spacial score (nSPS) is 21.2. The highest BCUT2D eigenvalue weighted by Crippen LogP contribution is 2.22. The monoisotopic (exact) mass is 354 g/mol. The van der Waals surface area contributed by atoms with E-state index in [1.807, 2.05) is 0 Å². The standard InChI is InChI=1S/C19H23FN6/c1-13-2-4-14(5-3-13)6-8-26-9-7-17(16(20)11-26)24-18-15-10-23-25-19(15)22-12-21-18/h2-5,10,12,16-17H,6-9,11H2,1H3,(H2,21,22,23,24,25)/t16-,17+/m1/s1. The molecule has 7 heteroatoms. The van der Waals surface area contributed by atoms with E-state index in [1.54, 1.807) is 6.20 Å². The van der Waals surface area contributed by atoms with Gasteiger partial charge in [0.05, 0.1) is 17.6 Å². The van der Waals surface area contributed by atoms with Crippen LogP contribution in [0.3, 0.4) is 0 Å². The van der Waals surface area contributed by atoms with Crippen LogP contribution in [-0.4, -0.2) is 56.9 Å². The molecule has 2 atom stereocenters. The summed E-state index contributed by atoms with van der Waals surface area (Å²) < 4.78 is 14.7. The molecule has 1 saturated heterocycles. The molecule has 0 amide bonds. The number of aromatic amines is 1. The second kappa shape index (κ2) is 7.37. The molecule has 2 N–H and O–H groups in total. The molecule has 6 nitrogen and oxygen atoms in total. The number of nitrogens with one attached hydrogen (secondary N) is 2. The van der Waals surface area contributed by atoms with Crippen LogP contribution < -0.4 is 5.32 Å². The highest BCUT2D eigenvalue weighted by molar-refractivity contribution is 5.85. The van der Waals surface area contributed by atoms with Crippen molar-refractivity contribution in [3.8, 4) is 0 Å². The molecule has 1 fully saturated rings. The molecule has 3 heterocycles. The van der Waals surface area contributed by atoms with Crippen molar-refractivity contribution in [1.29, 1.82) is 0 Å². The maximum absolute atomic E-state index is 14.7. The summed E-state index contributed by atoms with van der Waals surface area (Å²) in [7, 11) is 0. The number of aromatic nitrogens is 4. The second-order valence-electron chi connectivity index (χ2n) is 6.95. The van der Waals surface area contributed by atoms with Crippen LogP contribution in [0.15, 0.2) is 36.8 Å². The lowest BCUT2D eigenvalue weighted by atomic mass is 10.0. The van der Waals surface area contributed by atoms with Gasteiger partial charge in [0.2, 0.25) is 0 Å². The molecule has 0 saturated carbocycles. The average Bonchev–Trinajstić information content (AvgIpc) is 3.13. The summed E-state index contributed by atoms with van der Waals surface area (Å²) >= 11 is 0. The molecular weight excluding hydrogens is 331 g/mol. The maximum atomic E-state index is 14.7. The van der Waals surface area contributed by atoms with Crippen LogP contribution in [0.5, 0.6) is 0 Å². The smallest absolute Gasteiger partial charge is 0.160 e. The first-order chi connectivity index (χ1) is 12.7. The summed E-state index contributed by atoms with van der Waals surface area (Å²) in [5.41, 5.74) is 3.23. The number of alkyl halides is 1. The van der Waals surface area contributed by atoms with E-state index >= 15 is 0 Å². The third-order valence-electron chi connectivity index (χ3n) is 5.03. The molecule has 4 rings (SSSR count). The zero-order chi connectivity index (χ0) is 17.9. The Hall–Kier alpha value is -2.54. The van der Waals surface area contributed by atoms with Gasteiger partial charge < -0.3 is 5.32 Å². The van der Waals surface area contributed by atoms with Gasteiger partial charge in [-0.1, -0.05) is 29.8 Å². The number of piperidine rings is 1. The first kappa shape index (κ1) is 16.9. The van der Waals surface area contributed by atoms with Crippen molar-refractivity contribution in [2.24, 2.45) is 0 Å². The maximum Gasteiger partial charge on any atom is 0.160 e. The summed E-state index contributed by atoms with van der Waals surface area (Å²) in [6.07, 6.45) is 3.90. The van der Waals surface area contributed by atoms with Gasteiger partial charge in [0, 0.05) is 19.6 Å². The Morgan fingerprint density at radius 2 is 2.12 bits per heavy atom. The summed E-state index contributed by atoms with van der Waals surface area (Å²) in [5, 5.41) is 10.8. The van der Waals surface area contributed by atoms with Crippen molar-refractivity contribution >= 4 is 16.9 Å². The van der Waals surface area contributed by atoms with E-state index in [0.717, 1.165) is 31.3 Å². The fourth-order valence-corrected chi connectivity index (χ4v) is 3.43. The molecule has 0 bridgehead atoms. The van der Waals surface area contributed by atoms with E-state index in [4.69, 9.17) is 0 Å². The van der Waals surface area contributed by atoms with Gasteiger partial charge in [-0.05, 0) is 25.3 Å². The number of hydrogen-bond acceptors (Lipinski definition) is 5. The van der Waals surface area contributed by atoms with Crippen LogP contribution in [0.4, 0.5) is 10.2 Å². The molecule has 136 valence electrons. The Labute approximate surface area is 151 Å². The van der Waals surface area contributed by atoms with Crippen LogP contribution in [0.2, 0.25) is 0 Å². The van der Waals surface area contributed by atoms with Crippen molar-refractivity contribution in [3.63, 3.8) is 0 Å². The number of benzene rings is 1. The zero-order valence-corrected chi connectivity index (χ0v) is 14.8. The Kier molecular flexibility index (Phi) is 4.79. The van der Waals surface area contributed by atoms with Crippen LogP contribution in [0.25, 0.3) is 11.0 Å². The SMILES string of the molecule is Cc1ccc(CCN2CC[C@H](Nc3ncnc4[nH]ncc34)[C@H](F)C2)cc1. The van der Waals surface area contributed by atoms with Gasteiger partial charge in [0.15, 0.2) is 5.65 Å². The van der Waals surface area contributed by atoms with E-state index in [9.17, 15) is 4.39 Å². The van der Waals surface area contributed by atoms with Gasteiger partial charge in [-0.3, -0.25) is 10.00 Å². The first-order valence-corrected chi connectivity index (χ1v) is 9.01. The van der Waals surface area contributed by atoms with E-state index in [-0.39, 0.29) is 6.04 Å². The Balaban J connectivity index is 1.33. The predicted molar refractivity (Wildman–Crippen MR) is 99.9 cm³/mol. The number of nitrogens with zero attached hydrogens (tertiary/aromatic N) is 4. The quantitative estimate of drug-likeness (QED) is 0.737. The molecule has 26 heavy (non-hydrogen) atoms. The minimum absolute atomic E-state index is 0.237. The highest BCUT2D eigenvalue weighted by Gasteiger charge is 2.29. The molecule has 1 aliphatic heterocycles. The fraction of sp³-hybridized carbons (Fsp3) is 0.421. The van der Waals surface area contributed by atoms with E-state index in [0.29, 0.717) is 18.0 Å². The second-order valence-corrected chi connectivity index (χ2v) is 6.95. The molecule has 3 aromatic rings. The predicted octanol–water partition coefficient (Wildman–Crippen LogP) is 2.73. The van der Waals surface area contributed by atoms with Gasteiger partial charge in [-0.2, -0.15) is 5.10 Å². The summed E-state index contributed by atoms with van der Waals surface area (Å²) in [5.74, 6) is 0.643. The highest BCUT2D eigenvalue weighted by atomic mass is 19.1. The number of anilines is 1. The molecule has 0 aliphatic carbocycles. The Morgan fingerprint density at radius 1 is 1.27 bits per heavy atom. The lowest BCUT2D eigenvalue weighted by Gasteiger charge is -2.35. The van der Waals surface area contributed by atoms with E-state index < -0.39 is 6.17 Å². The number of fused-ring (bicyclic) bond motifs is 1. The number of rotatable bonds is 5. The van der Waals surface area contributed by atoms with Gasteiger partial charge in [0.25, 0.3) is 0 Å². The third kappa shape index (κ3) is 3.67. The molecular formula is C19H23FN6. The lowest BCUT2D eigenvalue weighted by Crippen LogP contribution is -2.48. The van der Waals surface area contributed by atoms with E-state index in [1.165, 1.54) is 17.5 Å². The van der Waals surface area contributed by atoms with Crippen LogP contribution in [0.1, 0.15) is 17.5 Å². The van der Waals surface area contributed by atoms with Crippen LogP contribution >= 0.6 is 0 Å². The summed E-state index contributed by atoms with van der Waals surface area (Å²) in [6, 6.07) is 8.33. The lowest BCUT2D eigenvalue weighted by molar-refractivity contribution is 0.127. The molecule has 2 aromatic heterocycles. The largest absolute Gasteiger partial charge is 0.364 e. The third-order valence-corrected chi connectivity index (χ3v) is 5.03. The molecule has 0 spiro atoms. The minimum atomic E-state index is -0.932. The van der Waals surface area contributed by atoms with Crippen LogP contribution in [0, 0.1) is 6.92 Å².